The van der Waals surface area contributed by atoms with Gasteiger partial charge in [-0.15, -0.1) is 0 Å². The summed E-state index contributed by atoms with van der Waals surface area (Å²) in [6.07, 6.45) is 0. The van der Waals surface area contributed by atoms with Gasteiger partial charge >= 0.3 is 0 Å². The van der Waals surface area contributed by atoms with Crippen LogP contribution in [0.25, 0.3) is 55.3 Å². The summed E-state index contributed by atoms with van der Waals surface area (Å²) in [4.78, 5) is 2.48. The molecule has 9 rings (SSSR count). The molecular formula is C49H37N. The van der Waals surface area contributed by atoms with Gasteiger partial charge in [-0.05, 0) is 97.2 Å². The van der Waals surface area contributed by atoms with Crippen molar-refractivity contribution >= 4 is 27.8 Å². The molecule has 0 heterocycles. The first-order chi connectivity index (χ1) is 24.6. The number of hydrogen-bond donors (Lipinski definition) is 0. The average molecular weight is 640 g/mol. The van der Waals surface area contributed by atoms with Crippen molar-refractivity contribution < 1.29 is 0 Å². The summed E-state index contributed by atoms with van der Waals surface area (Å²) < 4.78 is 0. The molecule has 8 aromatic rings. The van der Waals surface area contributed by atoms with Crippen molar-refractivity contribution in [2.24, 2.45) is 0 Å². The smallest absolute Gasteiger partial charge is 0.0549 e. The molecule has 0 radical (unpaired) electrons. The number of benzene rings is 8. The number of rotatable bonds is 6. The largest absolute Gasteiger partial charge is 0.310 e. The summed E-state index contributed by atoms with van der Waals surface area (Å²) in [7, 11) is 0. The van der Waals surface area contributed by atoms with Crippen LogP contribution in [-0.2, 0) is 5.41 Å². The second-order valence-electron chi connectivity index (χ2n) is 13.8. The molecule has 0 aromatic heterocycles. The molecule has 0 unspecified atom stereocenters. The van der Waals surface area contributed by atoms with Crippen LogP contribution in [0.5, 0.6) is 0 Å². The predicted octanol–water partition coefficient (Wildman–Crippen LogP) is 13.6. The molecule has 50 heavy (non-hydrogen) atoms. The van der Waals surface area contributed by atoms with Gasteiger partial charge in [0, 0.05) is 22.4 Å². The molecule has 0 aliphatic heterocycles. The molecule has 1 aliphatic rings. The SMILES string of the molecule is CC1(C)c2ccc(-c3ccccc3)cc2-c2c(N(c3ccc(-c4ccccc4)cc3)c3cccc(-c4ccccc4)c3)cc3ccccc3c21. The molecule has 0 N–H and O–H groups in total. The van der Waals surface area contributed by atoms with Gasteiger partial charge in [-0.25, -0.2) is 0 Å². The van der Waals surface area contributed by atoms with E-state index >= 15 is 0 Å². The van der Waals surface area contributed by atoms with E-state index in [0.717, 1.165) is 11.4 Å². The lowest BCUT2D eigenvalue weighted by atomic mass is 9.80. The zero-order valence-corrected chi connectivity index (χ0v) is 28.3. The molecule has 1 heteroatoms. The van der Waals surface area contributed by atoms with Gasteiger partial charge in [0.1, 0.15) is 0 Å². The molecule has 0 bridgehead atoms. The standard InChI is InChI=1S/C49H37N/c1-49(2)45-30-27-39(36-19-10-5-11-20-36)32-44(45)47-46(33-40-21-12-13-24-43(40)48(47)49)50(41-28-25-37(26-29-41)34-15-6-3-7-16-34)42-23-14-22-38(31-42)35-17-8-4-9-18-35/h3-33H,1-2H3. The molecule has 1 nitrogen and oxygen atoms in total. The lowest BCUT2D eigenvalue weighted by Gasteiger charge is -2.30. The third kappa shape index (κ3) is 5.02. The zero-order valence-electron chi connectivity index (χ0n) is 28.3. The second kappa shape index (κ2) is 12.1. The Morgan fingerprint density at radius 1 is 0.400 bits per heavy atom. The van der Waals surface area contributed by atoms with E-state index in [2.05, 4.69) is 207 Å². The van der Waals surface area contributed by atoms with Crippen LogP contribution in [0.2, 0.25) is 0 Å². The van der Waals surface area contributed by atoms with Crippen LogP contribution in [0.1, 0.15) is 25.0 Å². The minimum Gasteiger partial charge on any atom is -0.310 e. The van der Waals surface area contributed by atoms with E-state index in [4.69, 9.17) is 0 Å². The van der Waals surface area contributed by atoms with Gasteiger partial charge in [0.25, 0.3) is 0 Å². The highest BCUT2D eigenvalue weighted by atomic mass is 15.1. The van der Waals surface area contributed by atoms with Gasteiger partial charge < -0.3 is 4.90 Å². The molecule has 238 valence electrons. The van der Waals surface area contributed by atoms with Crippen molar-refractivity contribution in [3.05, 3.63) is 199 Å². The van der Waals surface area contributed by atoms with Crippen molar-refractivity contribution in [2.45, 2.75) is 19.3 Å². The Bertz CT molecular complexity index is 2480. The Labute approximate surface area is 294 Å². The average Bonchev–Trinajstić information content (AvgIpc) is 3.42. The molecular weight excluding hydrogens is 603 g/mol. The van der Waals surface area contributed by atoms with E-state index in [0.29, 0.717) is 0 Å². The number of fused-ring (bicyclic) bond motifs is 5. The summed E-state index contributed by atoms with van der Waals surface area (Å²) >= 11 is 0. The van der Waals surface area contributed by atoms with Crippen LogP contribution in [0.4, 0.5) is 17.1 Å². The maximum absolute atomic E-state index is 2.48. The maximum Gasteiger partial charge on any atom is 0.0549 e. The summed E-state index contributed by atoms with van der Waals surface area (Å²) in [5.74, 6) is 0. The Balaban J connectivity index is 1.33. The van der Waals surface area contributed by atoms with Gasteiger partial charge in [0.15, 0.2) is 0 Å². The highest BCUT2D eigenvalue weighted by molar-refractivity contribution is 6.06. The van der Waals surface area contributed by atoms with E-state index in [1.165, 1.54) is 72.1 Å². The van der Waals surface area contributed by atoms with Crippen molar-refractivity contribution in [1.29, 1.82) is 0 Å². The number of anilines is 3. The Morgan fingerprint density at radius 2 is 0.920 bits per heavy atom. The molecule has 0 fully saturated rings. The van der Waals surface area contributed by atoms with Crippen LogP contribution in [-0.4, -0.2) is 0 Å². The molecule has 8 aromatic carbocycles. The topological polar surface area (TPSA) is 3.24 Å². The third-order valence-corrected chi connectivity index (χ3v) is 10.4. The van der Waals surface area contributed by atoms with Crippen molar-refractivity contribution in [1.82, 2.24) is 0 Å². The first-order valence-electron chi connectivity index (χ1n) is 17.4. The highest BCUT2D eigenvalue weighted by Crippen LogP contribution is 2.57. The van der Waals surface area contributed by atoms with Gasteiger partial charge in [-0.1, -0.05) is 166 Å². The van der Waals surface area contributed by atoms with Gasteiger partial charge in [-0.2, -0.15) is 0 Å². The van der Waals surface area contributed by atoms with Crippen LogP contribution < -0.4 is 4.90 Å². The molecule has 0 atom stereocenters. The van der Waals surface area contributed by atoms with E-state index < -0.39 is 0 Å². The molecule has 0 saturated carbocycles. The molecule has 0 spiro atoms. The van der Waals surface area contributed by atoms with E-state index in [1.54, 1.807) is 0 Å². The second-order valence-corrected chi connectivity index (χ2v) is 13.8. The maximum atomic E-state index is 2.48. The Kier molecular flexibility index (Phi) is 7.21. The number of hydrogen-bond acceptors (Lipinski definition) is 1. The predicted molar refractivity (Wildman–Crippen MR) is 213 cm³/mol. The van der Waals surface area contributed by atoms with Crippen molar-refractivity contribution in [3.8, 4) is 44.5 Å². The summed E-state index contributed by atoms with van der Waals surface area (Å²) in [5.41, 5.74) is 15.9. The monoisotopic (exact) mass is 639 g/mol. The molecule has 0 saturated heterocycles. The minimum absolute atomic E-state index is 0.190. The van der Waals surface area contributed by atoms with Crippen LogP contribution >= 0.6 is 0 Å². The minimum atomic E-state index is -0.190. The van der Waals surface area contributed by atoms with Gasteiger partial charge in [0.2, 0.25) is 0 Å². The zero-order chi connectivity index (χ0) is 33.7. The van der Waals surface area contributed by atoms with Crippen LogP contribution in [0.3, 0.4) is 0 Å². The van der Waals surface area contributed by atoms with E-state index in [9.17, 15) is 0 Å². The van der Waals surface area contributed by atoms with Crippen molar-refractivity contribution in [3.63, 3.8) is 0 Å². The fourth-order valence-corrected chi connectivity index (χ4v) is 7.99. The summed E-state index contributed by atoms with van der Waals surface area (Å²) in [6.45, 7) is 4.79. The summed E-state index contributed by atoms with van der Waals surface area (Å²) in [6, 6.07) is 68.5. The van der Waals surface area contributed by atoms with Crippen molar-refractivity contribution in [2.75, 3.05) is 4.90 Å². The van der Waals surface area contributed by atoms with E-state index in [-0.39, 0.29) is 5.41 Å². The lowest BCUT2D eigenvalue weighted by Crippen LogP contribution is -2.17. The van der Waals surface area contributed by atoms with Crippen LogP contribution in [0.15, 0.2) is 188 Å². The third-order valence-electron chi connectivity index (χ3n) is 10.4. The molecule has 1 aliphatic carbocycles. The molecule has 0 amide bonds. The van der Waals surface area contributed by atoms with Gasteiger partial charge in [0.05, 0.1) is 5.69 Å². The lowest BCUT2D eigenvalue weighted by molar-refractivity contribution is 0.666. The quantitative estimate of drug-likeness (QED) is 0.175. The van der Waals surface area contributed by atoms with Gasteiger partial charge in [-0.3, -0.25) is 0 Å². The Morgan fingerprint density at radius 3 is 1.58 bits per heavy atom. The normalized spacial score (nSPS) is 12.8. The Hall–Kier alpha value is -6.18. The fraction of sp³-hybridized carbons (Fsp3) is 0.0612. The fourth-order valence-electron chi connectivity index (χ4n) is 7.99. The van der Waals surface area contributed by atoms with E-state index in [1.807, 2.05) is 0 Å². The number of nitrogens with zero attached hydrogens (tertiary/aromatic N) is 1. The first kappa shape index (κ1) is 29.9. The van der Waals surface area contributed by atoms with Crippen LogP contribution in [0, 0.1) is 0 Å². The first-order valence-corrected chi connectivity index (χ1v) is 17.4. The highest BCUT2D eigenvalue weighted by Gasteiger charge is 2.40. The summed E-state index contributed by atoms with van der Waals surface area (Å²) in [5, 5.41) is 2.56.